The van der Waals surface area contributed by atoms with Gasteiger partial charge in [0.1, 0.15) is 11.7 Å². The summed E-state index contributed by atoms with van der Waals surface area (Å²) in [6, 6.07) is 13.1. The van der Waals surface area contributed by atoms with Crippen molar-refractivity contribution in [3.8, 4) is 0 Å². The summed E-state index contributed by atoms with van der Waals surface area (Å²) in [5.74, 6) is 0. The lowest BCUT2D eigenvalue weighted by Gasteiger charge is -1.94. The van der Waals surface area contributed by atoms with E-state index in [9.17, 15) is 0 Å². The molecule has 1 aromatic heterocycles. The fourth-order valence-corrected chi connectivity index (χ4v) is 3.88. The van der Waals surface area contributed by atoms with Gasteiger partial charge in [-0.05, 0) is 34.9 Å². The number of thiazole rings is 1. The molecule has 3 aromatic rings. The summed E-state index contributed by atoms with van der Waals surface area (Å²) >= 11 is 3.67. The van der Waals surface area contributed by atoms with E-state index < -0.39 is 0 Å². The molecular formula is C13H12NS2+. The Hall–Kier alpha value is -1.06. The van der Waals surface area contributed by atoms with Crippen LogP contribution in [0.3, 0.4) is 0 Å². The van der Waals surface area contributed by atoms with Crippen molar-refractivity contribution in [2.45, 2.75) is 4.34 Å². The number of nitrogens with zero attached hydrogens (tertiary/aromatic N) is 1. The average Bonchev–Trinajstić information content (AvgIpc) is 2.63. The number of fused-ring (bicyclic) bond motifs is 2. The van der Waals surface area contributed by atoms with Crippen LogP contribution in [-0.4, -0.2) is 6.26 Å². The fraction of sp³-hybridized carbons (Fsp3) is 0.154. The summed E-state index contributed by atoms with van der Waals surface area (Å²) < 4.78 is 4.99. The predicted octanol–water partition coefficient (Wildman–Crippen LogP) is 3.60. The SMILES string of the molecule is CSc1sc2cc3ccccc3cc2[n+]1C. The molecule has 1 nitrogen and oxygen atoms in total. The highest BCUT2D eigenvalue weighted by Crippen LogP contribution is 2.29. The Morgan fingerprint density at radius 3 is 2.50 bits per heavy atom. The lowest BCUT2D eigenvalue weighted by Crippen LogP contribution is -2.27. The zero-order valence-electron chi connectivity index (χ0n) is 9.23. The van der Waals surface area contributed by atoms with E-state index in [0.29, 0.717) is 0 Å². The maximum Gasteiger partial charge on any atom is 0.297 e. The summed E-state index contributed by atoms with van der Waals surface area (Å²) in [7, 11) is 2.14. The van der Waals surface area contributed by atoms with Crippen molar-refractivity contribution < 1.29 is 4.57 Å². The third kappa shape index (κ3) is 1.43. The molecule has 0 amide bonds. The van der Waals surface area contributed by atoms with E-state index in [-0.39, 0.29) is 0 Å². The van der Waals surface area contributed by atoms with Gasteiger partial charge in [-0.2, -0.15) is 4.57 Å². The van der Waals surface area contributed by atoms with Crippen LogP contribution in [0.25, 0.3) is 21.0 Å². The Morgan fingerprint density at radius 2 is 1.81 bits per heavy atom. The molecular weight excluding hydrogens is 234 g/mol. The maximum atomic E-state index is 2.29. The van der Waals surface area contributed by atoms with Gasteiger partial charge in [0.2, 0.25) is 5.52 Å². The summed E-state index contributed by atoms with van der Waals surface area (Å²) in [4.78, 5) is 0. The van der Waals surface area contributed by atoms with E-state index in [1.165, 1.54) is 25.3 Å². The standard InChI is InChI=1S/C13H12NS2/c1-14-11-7-9-5-3-4-6-10(9)8-12(11)16-13(14)15-2/h3-8H,1-2H3/q+1. The zero-order valence-corrected chi connectivity index (χ0v) is 10.9. The van der Waals surface area contributed by atoms with Crippen LogP contribution in [-0.2, 0) is 7.05 Å². The highest BCUT2D eigenvalue weighted by molar-refractivity contribution is 8.00. The minimum Gasteiger partial charge on any atom is -0.179 e. The number of aryl methyl sites for hydroxylation is 1. The Kier molecular flexibility index (Phi) is 2.37. The van der Waals surface area contributed by atoms with Gasteiger partial charge in [0.15, 0.2) is 0 Å². The largest absolute Gasteiger partial charge is 0.297 e. The topological polar surface area (TPSA) is 3.88 Å². The lowest BCUT2D eigenvalue weighted by molar-refractivity contribution is -0.676. The minimum atomic E-state index is 1.32. The van der Waals surface area contributed by atoms with Gasteiger partial charge < -0.3 is 0 Å². The van der Waals surface area contributed by atoms with Gasteiger partial charge in [-0.1, -0.05) is 35.6 Å². The van der Waals surface area contributed by atoms with Crippen LogP contribution in [0.2, 0.25) is 0 Å². The smallest absolute Gasteiger partial charge is 0.179 e. The predicted molar refractivity (Wildman–Crippen MR) is 72.3 cm³/mol. The Labute approximate surface area is 103 Å². The maximum absolute atomic E-state index is 2.29. The summed E-state index contributed by atoms with van der Waals surface area (Å²) in [5.41, 5.74) is 1.33. The van der Waals surface area contributed by atoms with E-state index in [2.05, 4.69) is 54.3 Å². The van der Waals surface area contributed by atoms with E-state index >= 15 is 0 Å². The molecule has 0 N–H and O–H groups in total. The van der Waals surface area contributed by atoms with Crippen molar-refractivity contribution in [3.63, 3.8) is 0 Å². The van der Waals surface area contributed by atoms with Crippen LogP contribution in [0, 0.1) is 0 Å². The van der Waals surface area contributed by atoms with Crippen LogP contribution in [0.1, 0.15) is 0 Å². The molecule has 0 atom stereocenters. The third-order valence-electron chi connectivity index (χ3n) is 2.83. The van der Waals surface area contributed by atoms with Crippen molar-refractivity contribution in [3.05, 3.63) is 36.4 Å². The normalized spacial score (nSPS) is 11.4. The van der Waals surface area contributed by atoms with Crippen LogP contribution in [0.15, 0.2) is 40.7 Å². The van der Waals surface area contributed by atoms with E-state index in [1.54, 1.807) is 0 Å². The molecule has 0 aliphatic carbocycles. The Balaban J connectivity index is 2.44. The van der Waals surface area contributed by atoms with E-state index in [0.717, 1.165) is 0 Å². The van der Waals surface area contributed by atoms with Crippen LogP contribution in [0.4, 0.5) is 0 Å². The lowest BCUT2D eigenvalue weighted by atomic mass is 10.1. The molecule has 0 saturated carbocycles. The number of rotatable bonds is 1. The minimum absolute atomic E-state index is 1.32. The molecule has 0 spiro atoms. The number of benzene rings is 2. The number of aromatic nitrogens is 1. The first kappa shape index (κ1) is 10.1. The molecule has 2 aromatic carbocycles. The monoisotopic (exact) mass is 246 g/mol. The molecule has 0 radical (unpaired) electrons. The van der Waals surface area contributed by atoms with Gasteiger partial charge in [-0.15, -0.1) is 0 Å². The van der Waals surface area contributed by atoms with Gasteiger partial charge >= 0.3 is 0 Å². The van der Waals surface area contributed by atoms with Crippen LogP contribution < -0.4 is 4.57 Å². The molecule has 80 valence electrons. The molecule has 0 bridgehead atoms. The van der Waals surface area contributed by atoms with Crippen LogP contribution in [0.5, 0.6) is 0 Å². The zero-order chi connectivity index (χ0) is 11.1. The Bertz CT molecular complexity index is 670. The van der Waals surface area contributed by atoms with Crippen LogP contribution >= 0.6 is 23.1 Å². The highest BCUT2D eigenvalue weighted by Gasteiger charge is 2.16. The third-order valence-corrected chi connectivity index (χ3v) is 5.20. The Morgan fingerprint density at radius 1 is 1.12 bits per heavy atom. The van der Waals surface area contributed by atoms with Gasteiger partial charge in [0, 0.05) is 6.07 Å². The summed E-state index contributed by atoms with van der Waals surface area (Å²) in [6.07, 6.45) is 2.13. The van der Waals surface area contributed by atoms with Crippen molar-refractivity contribution in [2.24, 2.45) is 7.05 Å². The summed E-state index contributed by atoms with van der Waals surface area (Å²) in [5, 5.41) is 2.64. The van der Waals surface area contributed by atoms with E-state index in [4.69, 9.17) is 0 Å². The van der Waals surface area contributed by atoms with Gasteiger partial charge in [0.05, 0.1) is 0 Å². The molecule has 3 rings (SSSR count). The van der Waals surface area contributed by atoms with E-state index in [1.807, 2.05) is 23.1 Å². The molecule has 0 unspecified atom stereocenters. The van der Waals surface area contributed by atoms with Gasteiger partial charge in [-0.25, -0.2) is 0 Å². The number of hydrogen-bond acceptors (Lipinski definition) is 2. The van der Waals surface area contributed by atoms with Gasteiger partial charge in [-0.3, -0.25) is 0 Å². The molecule has 1 heterocycles. The molecule has 0 aliphatic heterocycles. The highest BCUT2D eigenvalue weighted by atomic mass is 32.2. The van der Waals surface area contributed by atoms with Crippen molar-refractivity contribution in [2.75, 3.05) is 6.26 Å². The average molecular weight is 246 g/mol. The second-order valence-electron chi connectivity index (χ2n) is 3.80. The van der Waals surface area contributed by atoms with Crippen molar-refractivity contribution in [1.82, 2.24) is 0 Å². The van der Waals surface area contributed by atoms with Crippen molar-refractivity contribution in [1.29, 1.82) is 0 Å². The molecule has 0 aliphatic rings. The molecule has 0 saturated heterocycles. The molecule has 0 fully saturated rings. The fourth-order valence-electron chi connectivity index (χ4n) is 1.99. The quantitative estimate of drug-likeness (QED) is 0.469. The molecule has 3 heteroatoms. The number of hydrogen-bond donors (Lipinski definition) is 0. The van der Waals surface area contributed by atoms with Gasteiger partial charge in [0.25, 0.3) is 4.34 Å². The second kappa shape index (κ2) is 3.75. The van der Waals surface area contributed by atoms with Crippen molar-refractivity contribution >= 4 is 44.1 Å². The first-order valence-corrected chi connectivity index (χ1v) is 7.19. The second-order valence-corrected chi connectivity index (χ2v) is 5.88. The molecule has 16 heavy (non-hydrogen) atoms. The summed E-state index contributed by atoms with van der Waals surface area (Å²) in [6.45, 7) is 0. The first-order chi connectivity index (χ1) is 7.79. The first-order valence-electron chi connectivity index (χ1n) is 5.15. The number of thioether (sulfide) groups is 1.